The lowest BCUT2D eigenvalue weighted by atomic mass is 10.2. The minimum absolute atomic E-state index is 0.154. The van der Waals surface area contributed by atoms with Gasteiger partial charge in [0, 0.05) is 31.3 Å². The van der Waals surface area contributed by atoms with Crippen LogP contribution in [-0.4, -0.2) is 52.8 Å². The SMILES string of the molecule is Nc1nccn2c([C@@H]3CCCN3)nc(Br)c12.Nc1nccn2c([C@@H]3CCCN3C(=O)OCc3ccccc3)nc(Br)c12. The highest BCUT2D eigenvalue weighted by Crippen LogP contribution is 2.35. The summed E-state index contributed by atoms with van der Waals surface area (Å²) in [6.07, 6.45) is 10.8. The molecule has 0 radical (unpaired) electrons. The van der Waals surface area contributed by atoms with E-state index in [0.717, 1.165) is 53.1 Å². The fraction of sp³-hybridized carbons (Fsp3) is 0.321. The van der Waals surface area contributed by atoms with Gasteiger partial charge in [-0.05, 0) is 69.7 Å². The van der Waals surface area contributed by atoms with E-state index in [0.29, 0.717) is 34.3 Å². The monoisotopic (exact) mass is 696 g/mol. The van der Waals surface area contributed by atoms with Crippen LogP contribution in [0.15, 0.2) is 64.3 Å². The molecule has 2 fully saturated rings. The normalized spacial score (nSPS) is 18.4. The molecule has 5 N–H and O–H groups in total. The number of halogens is 2. The van der Waals surface area contributed by atoms with Crippen LogP contribution in [0.1, 0.15) is 55.0 Å². The van der Waals surface area contributed by atoms with Crippen molar-refractivity contribution in [1.82, 2.24) is 39.0 Å². The fourth-order valence-corrected chi connectivity index (χ4v) is 6.68. The molecule has 42 heavy (non-hydrogen) atoms. The van der Waals surface area contributed by atoms with Gasteiger partial charge in [0.15, 0.2) is 11.6 Å². The van der Waals surface area contributed by atoms with Crippen molar-refractivity contribution in [3.63, 3.8) is 0 Å². The lowest BCUT2D eigenvalue weighted by Gasteiger charge is -2.23. The van der Waals surface area contributed by atoms with Gasteiger partial charge in [-0.3, -0.25) is 13.7 Å². The predicted octanol–water partition coefficient (Wildman–Crippen LogP) is 5.05. The van der Waals surface area contributed by atoms with E-state index in [4.69, 9.17) is 16.2 Å². The van der Waals surface area contributed by atoms with Gasteiger partial charge in [-0.1, -0.05) is 30.3 Å². The summed E-state index contributed by atoms with van der Waals surface area (Å²) in [5.41, 5.74) is 14.3. The quantitative estimate of drug-likeness (QED) is 0.234. The lowest BCUT2D eigenvalue weighted by Crippen LogP contribution is -2.32. The highest BCUT2D eigenvalue weighted by Gasteiger charge is 2.34. The number of carbonyl (C=O) groups is 1. The Morgan fingerprint density at radius 1 is 0.929 bits per heavy atom. The summed E-state index contributed by atoms with van der Waals surface area (Å²) in [7, 11) is 0. The zero-order valence-corrected chi connectivity index (χ0v) is 25.8. The van der Waals surface area contributed by atoms with Crippen LogP contribution in [0, 0.1) is 0 Å². The smallest absolute Gasteiger partial charge is 0.410 e. The van der Waals surface area contributed by atoms with Crippen LogP contribution < -0.4 is 16.8 Å². The number of hydrogen-bond donors (Lipinski definition) is 3. The van der Waals surface area contributed by atoms with Crippen molar-refractivity contribution in [2.45, 2.75) is 44.4 Å². The molecular weight excluding hydrogens is 668 g/mol. The van der Waals surface area contributed by atoms with E-state index < -0.39 is 0 Å². The number of hydrogen-bond acceptors (Lipinski definition) is 9. The van der Waals surface area contributed by atoms with E-state index in [1.165, 1.54) is 6.42 Å². The van der Waals surface area contributed by atoms with E-state index in [1.54, 1.807) is 17.3 Å². The second-order valence-electron chi connectivity index (χ2n) is 10.1. The number of nitrogen functional groups attached to an aromatic ring is 2. The molecule has 0 aliphatic carbocycles. The zero-order chi connectivity index (χ0) is 29.2. The van der Waals surface area contributed by atoms with E-state index in [2.05, 4.69) is 57.1 Å². The Balaban J connectivity index is 0.000000168. The maximum atomic E-state index is 12.6. The number of likely N-dealkylation sites (tertiary alicyclic amines) is 1. The molecule has 218 valence electrons. The summed E-state index contributed by atoms with van der Waals surface area (Å²) in [5, 5.41) is 3.43. The maximum absolute atomic E-state index is 12.6. The first kappa shape index (κ1) is 28.4. The molecule has 12 nitrogen and oxygen atoms in total. The number of nitrogens with one attached hydrogen (secondary N) is 1. The first-order valence-electron chi connectivity index (χ1n) is 13.7. The topological polar surface area (TPSA) is 154 Å². The van der Waals surface area contributed by atoms with Crippen molar-refractivity contribution in [3.05, 3.63) is 81.5 Å². The Hall–Kier alpha value is -3.75. The van der Waals surface area contributed by atoms with Crippen molar-refractivity contribution in [2.24, 2.45) is 0 Å². The van der Waals surface area contributed by atoms with Crippen LogP contribution in [0.2, 0.25) is 0 Å². The highest BCUT2D eigenvalue weighted by molar-refractivity contribution is 9.10. The summed E-state index contributed by atoms with van der Waals surface area (Å²) in [4.78, 5) is 31.7. The van der Waals surface area contributed by atoms with Crippen molar-refractivity contribution in [3.8, 4) is 0 Å². The maximum Gasteiger partial charge on any atom is 0.410 e. The van der Waals surface area contributed by atoms with Gasteiger partial charge in [-0.2, -0.15) is 0 Å². The number of nitrogens with two attached hydrogens (primary N) is 2. The van der Waals surface area contributed by atoms with Gasteiger partial charge in [0.25, 0.3) is 0 Å². The first-order valence-corrected chi connectivity index (χ1v) is 15.3. The molecule has 2 aliphatic rings. The number of ether oxygens (including phenoxy) is 1. The molecule has 1 aromatic carbocycles. The average molecular weight is 698 g/mol. The Morgan fingerprint density at radius 3 is 2.21 bits per heavy atom. The molecule has 4 aromatic heterocycles. The molecule has 0 spiro atoms. The summed E-state index contributed by atoms with van der Waals surface area (Å²) in [5.74, 6) is 2.67. The molecular formula is C28H30Br2N10O2. The molecule has 1 amide bonds. The van der Waals surface area contributed by atoms with Crippen molar-refractivity contribution < 1.29 is 9.53 Å². The lowest BCUT2D eigenvalue weighted by molar-refractivity contribution is 0.0907. The number of benzene rings is 1. The molecule has 0 bridgehead atoms. The molecule has 0 unspecified atom stereocenters. The average Bonchev–Trinajstić information content (AvgIpc) is 3.80. The second-order valence-corrected chi connectivity index (χ2v) is 11.6. The fourth-order valence-electron chi connectivity index (χ4n) is 5.53. The third-order valence-electron chi connectivity index (χ3n) is 7.50. The summed E-state index contributed by atoms with van der Waals surface area (Å²) < 4.78 is 10.8. The number of imidazole rings is 2. The summed E-state index contributed by atoms with van der Waals surface area (Å²) in [6.45, 7) is 1.95. The van der Waals surface area contributed by atoms with Gasteiger partial charge in [0.05, 0.1) is 12.1 Å². The number of carbonyl (C=O) groups excluding carboxylic acids is 1. The molecule has 2 atom stereocenters. The highest BCUT2D eigenvalue weighted by atomic mass is 79.9. The molecule has 14 heteroatoms. The van der Waals surface area contributed by atoms with Gasteiger partial charge >= 0.3 is 6.09 Å². The molecule has 7 rings (SSSR count). The largest absolute Gasteiger partial charge is 0.445 e. The number of anilines is 2. The van der Waals surface area contributed by atoms with Crippen LogP contribution in [0.5, 0.6) is 0 Å². The molecule has 5 aromatic rings. The molecule has 2 aliphatic heterocycles. The van der Waals surface area contributed by atoms with E-state index in [-0.39, 0.29) is 18.7 Å². The number of nitrogens with zero attached hydrogens (tertiary/aromatic N) is 7. The Morgan fingerprint density at radius 2 is 1.57 bits per heavy atom. The van der Waals surface area contributed by atoms with Crippen LogP contribution >= 0.6 is 31.9 Å². The predicted molar refractivity (Wildman–Crippen MR) is 165 cm³/mol. The van der Waals surface area contributed by atoms with Gasteiger partial charge in [-0.25, -0.2) is 24.7 Å². The van der Waals surface area contributed by atoms with E-state index >= 15 is 0 Å². The van der Waals surface area contributed by atoms with Crippen LogP contribution in [0.4, 0.5) is 16.4 Å². The second kappa shape index (κ2) is 12.2. The molecule has 2 saturated heterocycles. The minimum Gasteiger partial charge on any atom is -0.445 e. The number of aromatic nitrogens is 6. The molecule has 0 saturated carbocycles. The number of rotatable bonds is 4. The van der Waals surface area contributed by atoms with Crippen LogP contribution in [0.3, 0.4) is 0 Å². The molecule has 6 heterocycles. The Kier molecular flexibility index (Phi) is 8.27. The van der Waals surface area contributed by atoms with Gasteiger partial charge in [-0.15, -0.1) is 0 Å². The number of fused-ring (bicyclic) bond motifs is 2. The van der Waals surface area contributed by atoms with E-state index in [9.17, 15) is 4.79 Å². The van der Waals surface area contributed by atoms with Crippen molar-refractivity contribution in [1.29, 1.82) is 0 Å². The van der Waals surface area contributed by atoms with Gasteiger partial charge < -0.3 is 21.5 Å². The third kappa shape index (κ3) is 5.53. The van der Waals surface area contributed by atoms with Gasteiger partial charge in [0.2, 0.25) is 0 Å². The van der Waals surface area contributed by atoms with Gasteiger partial charge in [0.1, 0.15) is 38.5 Å². The summed E-state index contributed by atoms with van der Waals surface area (Å²) in [6, 6.07) is 9.82. The summed E-state index contributed by atoms with van der Waals surface area (Å²) >= 11 is 6.88. The van der Waals surface area contributed by atoms with Crippen molar-refractivity contribution in [2.75, 3.05) is 24.6 Å². The standard InChI is InChI=1S/C18H18BrN5O2.C10H12BrN5/c19-15-14-16(20)21-8-10-24(14)17(22-15)13-7-4-9-23(13)18(25)26-11-12-5-2-1-3-6-12;11-8-7-9(12)14-4-5-16(7)10(15-8)6-2-1-3-13-6/h1-3,5-6,8,10,13H,4,7,9,11H2,(H2,20,21);4-6,13H,1-3H2,(H2,12,14)/t13-;6-/m00/s1. The zero-order valence-electron chi connectivity index (χ0n) is 22.7. The Bertz CT molecular complexity index is 1720. The Labute approximate surface area is 258 Å². The van der Waals surface area contributed by atoms with E-state index in [1.807, 2.05) is 51.5 Å². The minimum atomic E-state index is -0.328. The number of amides is 1. The third-order valence-corrected chi connectivity index (χ3v) is 8.60. The van der Waals surface area contributed by atoms with Crippen LogP contribution in [-0.2, 0) is 11.3 Å². The van der Waals surface area contributed by atoms with Crippen LogP contribution in [0.25, 0.3) is 11.0 Å². The first-order chi connectivity index (χ1) is 20.4. The van der Waals surface area contributed by atoms with Crippen molar-refractivity contribution >= 4 is 60.6 Å².